The third-order valence-corrected chi connectivity index (χ3v) is 3.43. The normalized spacial score (nSPS) is 24.8. The zero-order chi connectivity index (χ0) is 19.0. The van der Waals surface area contributed by atoms with Crippen molar-refractivity contribution in [2.75, 3.05) is 34.4 Å². The maximum absolute atomic E-state index is 11.4. The molecule has 2 N–H and O–H groups in total. The van der Waals surface area contributed by atoms with Crippen LogP contribution in [0, 0.1) is 0 Å². The Bertz CT molecular complexity index is 438. The zero-order valence-electron chi connectivity index (χ0n) is 14.8. The summed E-state index contributed by atoms with van der Waals surface area (Å²) in [6.07, 6.45) is -4.47. The average molecular weight is 366 g/mol. The van der Waals surface area contributed by atoms with Crippen LogP contribution in [0.4, 0.5) is 0 Å². The van der Waals surface area contributed by atoms with Crippen LogP contribution in [0.3, 0.4) is 0 Å². The molecule has 25 heavy (non-hydrogen) atoms. The van der Waals surface area contributed by atoms with Crippen LogP contribution in [0.25, 0.3) is 0 Å². The number of carboxylic acid groups (broad SMARTS) is 1. The summed E-state index contributed by atoms with van der Waals surface area (Å²) in [6.45, 7) is 3.29. The lowest BCUT2D eigenvalue weighted by Crippen LogP contribution is -2.46. The van der Waals surface area contributed by atoms with E-state index in [4.69, 9.17) is 33.5 Å². The maximum atomic E-state index is 11.4. The van der Waals surface area contributed by atoms with Crippen LogP contribution in [0.2, 0.25) is 0 Å². The van der Waals surface area contributed by atoms with Crippen LogP contribution >= 0.6 is 0 Å². The monoisotopic (exact) mass is 366 g/mol. The van der Waals surface area contributed by atoms with E-state index in [2.05, 4.69) is 0 Å². The summed E-state index contributed by atoms with van der Waals surface area (Å²) in [6, 6.07) is 0. The van der Waals surface area contributed by atoms with Gasteiger partial charge in [-0.3, -0.25) is 4.79 Å². The highest BCUT2D eigenvalue weighted by Crippen LogP contribution is 2.33. The third-order valence-electron chi connectivity index (χ3n) is 3.43. The van der Waals surface area contributed by atoms with E-state index in [1.54, 1.807) is 13.8 Å². The van der Waals surface area contributed by atoms with E-state index in [0.29, 0.717) is 0 Å². The molecule has 0 aromatic rings. The molecular weight excluding hydrogens is 340 g/mol. The van der Waals surface area contributed by atoms with Gasteiger partial charge in [-0.25, -0.2) is 4.79 Å². The number of aliphatic carboxylic acids is 1. The van der Waals surface area contributed by atoms with Crippen molar-refractivity contribution in [3.8, 4) is 0 Å². The van der Waals surface area contributed by atoms with Crippen molar-refractivity contribution in [1.82, 2.24) is 0 Å². The fraction of sp³-hybridized carbons (Fsp3) is 0.867. The zero-order valence-corrected chi connectivity index (χ0v) is 14.8. The van der Waals surface area contributed by atoms with Crippen molar-refractivity contribution in [2.24, 2.45) is 0 Å². The van der Waals surface area contributed by atoms with E-state index >= 15 is 0 Å². The second kappa shape index (κ2) is 10.1. The van der Waals surface area contributed by atoms with Gasteiger partial charge in [-0.1, -0.05) is 0 Å². The van der Waals surface area contributed by atoms with Gasteiger partial charge in [-0.15, -0.1) is 0 Å². The Labute approximate surface area is 145 Å². The van der Waals surface area contributed by atoms with Crippen LogP contribution in [-0.2, 0) is 38.0 Å². The van der Waals surface area contributed by atoms with Gasteiger partial charge in [0.05, 0.1) is 12.7 Å². The summed E-state index contributed by atoms with van der Waals surface area (Å²) in [5.74, 6) is -3.80. The molecule has 0 spiro atoms. The number of aliphatic hydroxyl groups excluding tert-OH is 1. The molecule has 0 saturated carbocycles. The molecule has 0 bridgehead atoms. The van der Waals surface area contributed by atoms with Gasteiger partial charge in [0.15, 0.2) is 5.79 Å². The number of carbonyl (C=O) groups is 2. The first-order chi connectivity index (χ1) is 11.7. The maximum Gasteiger partial charge on any atom is 0.372 e. The van der Waals surface area contributed by atoms with Gasteiger partial charge in [-0.05, 0) is 13.8 Å². The van der Waals surface area contributed by atoms with Crippen molar-refractivity contribution in [3.63, 3.8) is 0 Å². The Kier molecular flexibility index (Phi) is 8.86. The summed E-state index contributed by atoms with van der Waals surface area (Å²) in [5, 5.41) is 19.0. The number of ether oxygens (including phenoxy) is 6. The molecule has 0 aromatic carbocycles. The summed E-state index contributed by atoms with van der Waals surface area (Å²) in [7, 11) is 2.91. The third kappa shape index (κ3) is 6.94. The highest BCUT2D eigenvalue weighted by Gasteiger charge is 2.49. The highest BCUT2D eigenvalue weighted by atomic mass is 16.8. The van der Waals surface area contributed by atoms with Crippen LogP contribution in [0.1, 0.15) is 20.3 Å². The highest BCUT2D eigenvalue weighted by molar-refractivity contribution is 6.32. The molecule has 0 amide bonds. The van der Waals surface area contributed by atoms with E-state index in [9.17, 15) is 14.7 Å². The number of Topliss-reactive ketones (excluding diaryl/α,β-unsaturated/α-hetero) is 1. The molecule has 1 aliphatic rings. The molecule has 1 aliphatic heterocycles. The van der Waals surface area contributed by atoms with Gasteiger partial charge in [-0.2, -0.15) is 0 Å². The number of hydrogen-bond acceptors (Lipinski definition) is 9. The number of rotatable bonds is 12. The quantitative estimate of drug-likeness (QED) is 0.265. The lowest BCUT2D eigenvalue weighted by molar-refractivity contribution is -0.184. The number of carbonyl (C=O) groups excluding carboxylic acids is 1. The lowest BCUT2D eigenvalue weighted by Gasteiger charge is -2.28. The van der Waals surface area contributed by atoms with Crippen molar-refractivity contribution in [2.45, 2.75) is 50.5 Å². The fourth-order valence-electron chi connectivity index (χ4n) is 2.44. The van der Waals surface area contributed by atoms with Gasteiger partial charge in [0, 0.05) is 20.6 Å². The Balaban J connectivity index is 2.87. The van der Waals surface area contributed by atoms with Crippen molar-refractivity contribution < 1.29 is 48.2 Å². The first-order valence-electron chi connectivity index (χ1n) is 7.69. The number of hydrogen-bond donors (Lipinski definition) is 2. The van der Waals surface area contributed by atoms with Crippen molar-refractivity contribution in [1.29, 1.82) is 0 Å². The molecule has 1 heterocycles. The fourth-order valence-corrected chi connectivity index (χ4v) is 2.44. The molecule has 1 rings (SSSR count). The minimum Gasteiger partial charge on any atom is -0.475 e. The molecule has 146 valence electrons. The molecular formula is C15H26O10. The molecule has 1 fully saturated rings. The molecule has 4 atom stereocenters. The van der Waals surface area contributed by atoms with Gasteiger partial charge in [0.2, 0.25) is 5.78 Å². The van der Waals surface area contributed by atoms with Crippen LogP contribution < -0.4 is 0 Å². The van der Waals surface area contributed by atoms with Gasteiger partial charge in [0.1, 0.15) is 31.9 Å². The Morgan fingerprint density at radius 3 is 2.28 bits per heavy atom. The second-order valence-corrected chi connectivity index (χ2v) is 5.95. The van der Waals surface area contributed by atoms with E-state index < -0.39 is 48.4 Å². The van der Waals surface area contributed by atoms with Crippen LogP contribution in [-0.4, -0.2) is 86.6 Å². The summed E-state index contributed by atoms with van der Waals surface area (Å²) < 4.78 is 31.9. The Morgan fingerprint density at radius 2 is 1.72 bits per heavy atom. The number of carboxylic acids is 1. The largest absolute Gasteiger partial charge is 0.475 e. The first-order valence-corrected chi connectivity index (χ1v) is 7.69. The van der Waals surface area contributed by atoms with E-state index in [0.717, 1.165) is 0 Å². The Morgan fingerprint density at radius 1 is 1.12 bits per heavy atom. The van der Waals surface area contributed by atoms with E-state index in [-0.39, 0.29) is 20.2 Å². The Hall–Kier alpha value is -1.14. The molecule has 10 nitrogen and oxygen atoms in total. The summed E-state index contributed by atoms with van der Waals surface area (Å²) in [5.41, 5.74) is 0. The summed E-state index contributed by atoms with van der Waals surface area (Å²) in [4.78, 5) is 22.1. The minimum atomic E-state index is -1.62. The first kappa shape index (κ1) is 21.9. The van der Waals surface area contributed by atoms with Gasteiger partial charge in [0.25, 0.3) is 0 Å². The van der Waals surface area contributed by atoms with Crippen molar-refractivity contribution in [3.05, 3.63) is 0 Å². The average Bonchev–Trinajstić information content (AvgIpc) is 2.86. The van der Waals surface area contributed by atoms with Crippen LogP contribution in [0.15, 0.2) is 0 Å². The SMILES string of the molecule is COCOC[C@H](OCOC)[C@@H]1OC(C)(C)O[C@H]1[C@@H](O)CC(=O)C(=O)O. The minimum absolute atomic E-state index is 0.0224. The molecule has 0 aromatic heterocycles. The number of aliphatic hydroxyl groups is 1. The standard InChI is InChI=1S/C15H26O10/c1-15(2)24-12(9(16)5-10(17)14(18)19)13(25-15)11(23-8-21-4)6-22-7-20-3/h9,11-13,16H,5-8H2,1-4H3,(H,18,19)/t9-,11-,12-,13-/m0/s1. The molecule has 0 unspecified atom stereocenters. The predicted octanol–water partition coefficient (Wildman–Crippen LogP) is -0.479. The predicted molar refractivity (Wildman–Crippen MR) is 81.7 cm³/mol. The van der Waals surface area contributed by atoms with E-state index in [1.165, 1.54) is 14.2 Å². The van der Waals surface area contributed by atoms with E-state index in [1.807, 2.05) is 0 Å². The smallest absolute Gasteiger partial charge is 0.372 e. The summed E-state index contributed by atoms with van der Waals surface area (Å²) >= 11 is 0. The number of methoxy groups -OCH3 is 2. The van der Waals surface area contributed by atoms with Crippen molar-refractivity contribution >= 4 is 11.8 Å². The number of ketones is 1. The molecule has 1 saturated heterocycles. The lowest BCUT2D eigenvalue weighted by atomic mass is 9.99. The molecule has 0 radical (unpaired) electrons. The van der Waals surface area contributed by atoms with Gasteiger partial charge >= 0.3 is 5.97 Å². The topological polar surface area (TPSA) is 130 Å². The van der Waals surface area contributed by atoms with Gasteiger partial charge < -0.3 is 38.6 Å². The molecule has 0 aliphatic carbocycles. The molecule has 10 heteroatoms. The second-order valence-electron chi connectivity index (χ2n) is 5.95. The van der Waals surface area contributed by atoms with Crippen LogP contribution in [0.5, 0.6) is 0 Å².